The molecule has 4 heteroatoms. The van der Waals surface area contributed by atoms with Crippen molar-refractivity contribution in [3.63, 3.8) is 0 Å². The molecule has 22 heavy (non-hydrogen) atoms. The summed E-state index contributed by atoms with van der Waals surface area (Å²) in [5.41, 5.74) is 2.90. The van der Waals surface area contributed by atoms with Gasteiger partial charge in [-0.05, 0) is 36.6 Å². The summed E-state index contributed by atoms with van der Waals surface area (Å²) in [4.78, 5) is 3.24. The van der Waals surface area contributed by atoms with E-state index in [0.717, 1.165) is 22.0 Å². The van der Waals surface area contributed by atoms with Crippen molar-refractivity contribution in [1.29, 1.82) is 0 Å². The first kappa shape index (κ1) is 14.4. The molecule has 0 aliphatic heterocycles. The van der Waals surface area contributed by atoms with E-state index in [1.54, 1.807) is 12.1 Å². The largest absolute Gasteiger partial charge is 0.513 e. The van der Waals surface area contributed by atoms with Crippen LogP contribution in [0, 0.1) is 6.01 Å². The predicted molar refractivity (Wildman–Crippen MR) is 85.4 cm³/mol. The van der Waals surface area contributed by atoms with E-state index in [0.29, 0.717) is 17.9 Å². The second-order valence-corrected chi connectivity index (χ2v) is 5.46. The maximum atomic E-state index is 13.2. The summed E-state index contributed by atoms with van der Waals surface area (Å²) >= 11 is 0. The Balaban J connectivity index is 2.12. The van der Waals surface area contributed by atoms with Gasteiger partial charge in [0, 0.05) is 35.2 Å². The summed E-state index contributed by atoms with van der Waals surface area (Å²) in [5.74, 6) is 1.00. The molecule has 1 aromatic carbocycles. The van der Waals surface area contributed by atoms with Crippen molar-refractivity contribution in [2.75, 3.05) is 0 Å². The topological polar surface area (TPSA) is 49.2 Å². The zero-order chi connectivity index (χ0) is 15.7. The first-order valence-corrected chi connectivity index (χ1v) is 7.30. The second-order valence-electron chi connectivity index (χ2n) is 5.46. The number of furan rings is 1. The van der Waals surface area contributed by atoms with Crippen molar-refractivity contribution in [3.8, 4) is 11.3 Å². The number of rotatable bonds is 4. The number of nitrogens with one attached hydrogen (secondary N) is 1. The van der Waals surface area contributed by atoms with Gasteiger partial charge in [-0.15, -0.1) is 0 Å². The van der Waals surface area contributed by atoms with E-state index in [1.807, 2.05) is 31.3 Å². The number of halogens is 1. The summed E-state index contributed by atoms with van der Waals surface area (Å²) in [6.45, 7) is 3.87. The third kappa shape index (κ3) is 2.52. The van der Waals surface area contributed by atoms with Crippen LogP contribution in [0.1, 0.15) is 31.7 Å². The molecule has 2 heterocycles. The third-order valence-corrected chi connectivity index (χ3v) is 3.95. The van der Waals surface area contributed by atoms with Gasteiger partial charge in [-0.3, -0.25) is 0 Å². The lowest BCUT2D eigenvalue weighted by Gasteiger charge is -2.11. The molecule has 2 aromatic heterocycles. The Hall–Kier alpha value is -2.49. The van der Waals surface area contributed by atoms with Crippen LogP contribution in [0.5, 0.6) is 0 Å². The first-order valence-electron chi connectivity index (χ1n) is 7.30. The molecular formula is C18H18FNO2. The van der Waals surface area contributed by atoms with Crippen LogP contribution in [0.15, 0.2) is 52.8 Å². The molecule has 0 aliphatic carbocycles. The minimum atomic E-state index is -0.594. The van der Waals surface area contributed by atoms with Gasteiger partial charge >= 0.3 is 0 Å². The van der Waals surface area contributed by atoms with Crippen molar-refractivity contribution in [3.05, 3.63) is 59.9 Å². The SMILES string of the molecule is C/C=C(\O)CC(C)c1c[nH]c2cccc(-c3ccc(F)o3)c12. The highest BCUT2D eigenvalue weighted by molar-refractivity contribution is 5.96. The average molecular weight is 299 g/mol. The van der Waals surface area contributed by atoms with Crippen LogP contribution >= 0.6 is 0 Å². The molecule has 1 unspecified atom stereocenters. The monoisotopic (exact) mass is 299 g/mol. The van der Waals surface area contributed by atoms with Gasteiger partial charge in [-0.1, -0.05) is 19.1 Å². The average Bonchev–Trinajstić information content (AvgIpc) is 3.12. The maximum absolute atomic E-state index is 13.2. The lowest BCUT2D eigenvalue weighted by Crippen LogP contribution is -1.95. The van der Waals surface area contributed by atoms with E-state index in [4.69, 9.17) is 4.42 Å². The molecule has 0 fully saturated rings. The number of benzene rings is 1. The second kappa shape index (κ2) is 5.72. The molecule has 3 rings (SSSR count). The number of hydrogen-bond donors (Lipinski definition) is 2. The fourth-order valence-corrected chi connectivity index (χ4v) is 2.81. The van der Waals surface area contributed by atoms with E-state index in [2.05, 4.69) is 11.9 Å². The molecule has 3 nitrogen and oxygen atoms in total. The first-order chi connectivity index (χ1) is 10.6. The summed E-state index contributed by atoms with van der Waals surface area (Å²) in [6, 6.07) is 8.16. The molecule has 0 spiro atoms. The molecule has 114 valence electrons. The molecule has 0 aliphatic rings. The van der Waals surface area contributed by atoms with Gasteiger partial charge in [0.2, 0.25) is 0 Å². The van der Waals surface area contributed by atoms with Crippen LogP contribution in [-0.4, -0.2) is 10.1 Å². The van der Waals surface area contributed by atoms with Crippen molar-refractivity contribution in [1.82, 2.24) is 4.98 Å². The number of hydrogen-bond acceptors (Lipinski definition) is 2. The van der Waals surface area contributed by atoms with Crippen LogP contribution in [0.4, 0.5) is 4.39 Å². The molecular weight excluding hydrogens is 281 g/mol. The summed E-state index contributed by atoms with van der Waals surface area (Å²) in [7, 11) is 0. The van der Waals surface area contributed by atoms with Gasteiger partial charge in [-0.25, -0.2) is 0 Å². The Bertz CT molecular complexity index is 829. The Morgan fingerprint density at radius 2 is 2.18 bits per heavy atom. The van der Waals surface area contributed by atoms with E-state index < -0.39 is 6.01 Å². The summed E-state index contributed by atoms with van der Waals surface area (Å²) < 4.78 is 18.3. The van der Waals surface area contributed by atoms with Crippen LogP contribution in [0.25, 0.3) is 22.2 Å². The van der Waals surface area contributed by atoms with Crippen LogP contribution < -0.4 is 0 Å². The van der Waals surface area contributed by atoms with Crippen molar-refractivity contribution in [2.45, 2.75) is 26.2 Å². The number of aliphatic hydroxyl groups excluding tert-OH is 1. The van der Waals surface area contributed by atoms with Crippen molar-refractivity contribution < 1.29 is 13.9 Å². The molecule has 2 N–H and O–H groups in total. The highest BCUT2D eigenvalue weighted by Crippen LogP contribution is 2.36. The Morgan fingerprint density at radius 3 is 2.86 bits per heavy atom. The minimum absolute atomic E-state index is 0.130. The normalized spacial score (nSPS) is 13.7. The Kier molecular flexibility index (Phi) is 3.75. The summed E-state index contributed by atoms with van der Waals surface area (Å²) in [5, 5.41) is 10.8. The van der Waals surface area contributed by atoms with Gasteiger partial charge in [0.05, 0.1) is 5.76 Å². The quantitative estimate of drug-likeness (QED) is 0.623. The van der Waals surface area contributed by atoms with Crippen molar-refractivity contribution in [2.24, 2.45) is 0 Å². The van der Waals surface area contributed by atoms with Gasteiger partial charge in [-0.2, -0.15) is 4.39 Å². The van der Waals surface area contributed by atoms with Gasteiger partial charge < -0.3 is 14.5 Å². The lowest BCUT2D eigenvalue weighted by molar-refractivity contribution is 0.367. The number of fused-ring (bicyclic) bond motifs is 1. The van der Waals surface area contributed by atoms with Crippen LogP contribution in [0.2, 0.25) is 0 Å². The maximum Gasteiger partial charge on any atom is 0.278 e. The van der Waals surface area contributed by atoms with Crippen molar-refractivity contribution >= 4 is 10.9 Å². The molecule has 0 bridgehead atoms. The number of H-pyrrole nitrogens is 1. The molecule has 0 radical (unpaired) electrons. The van der Waals surface area contributed by atoms with Crippen LogP contribution in [0.3, 0.4) is 0 Å². The molecule has 0 amide bonds. The highest BCUT2D eigenvalue weighted by atomic mass is 19.1. The molecule has 0 saturated heterocycles. The molecule has 1 atom stereocenters. The zero-order valence-electron chi connectivity index (χ0n) is 12.6. The number of allylic oxidation sites excluding steroid dienone is 2. The van der Waals surface area contributed by atoms with Gasteiger partial charge in [0.1, 0.15) is 5.76 Å². The van der Waals surface area contributed by atoms with E-state index in [9.17, 15) is 9.50 Å². The molecule has 3 aromatic rings. The number of aliphatic hydroxyl groups is 1. The van der Waals surface area contributed by atoms with E-state index >= 15 is 0 Å². The standard InChI is InChI=1S/C18H18FNO2/c1-3-12(21)9-11(2)14-10-20-15-6-4-5-13(18(14)15)16-7-8-17(19)22-16/h3-8,10-11,20-21H,9H2,1-2H3/b12-3-. The van der Waals surface area contributed by atoms with E-state index in [1.165, 1.54) is 6.07 Å². The predicted octanol–water partition coefficient (Wildman–Crippen LogP) is 5.52. The molecule has 0 saturated carbocycles. The smallest absolute Gasteiger partial charge is 0.278 e. The zero-order valence-corrected chi connectivity index (χ0v) is 12.6. The van der Waals surface area contributed by atoms with Crippen LogP contribution in [-0.2, 0) is 0 Å². The summed E-state index contributed by atoms with van der Waals surface area (Å²) in [6.07, 6.45) is 4.21. The minimum Gasteiger partial charge on any atom is -0.513 e. The number of aromatic nitrogens is 1. The fourth-order valence-electron chi connectivity index (χ4n) is 2.81. The van der Waals surface area contributed by atoms with Gasteiger partial charge in [0.25, 0.3) is 6.01 Å². The van der Waals surface area contributed by atoms with E-state index in [-0.39, 0.29) is 5.92 Å². The number of aromatic amines is 1. The lowest BCUT2D eigenvalue weighted by atomic mass is 9.93. The Morgan fingerprint density at radius 1 is 1.36 bits per heavy atom. The van der Waals surface area contributed by atoms with Gasteiger partial charge in [0.15, 0.2) is 0 Å². The third-order valence-electron chi connectivity index (χ3n) is 3.95. The highest BCUT2D eigenvalue weighted by Gasteiger charge is 2.17. The Labute approximate surface area is 128 Å². The fraction of sp³-hybridized carbons (Fsp3) is 0.222.